The number of hydrogen-bond acceptors (Lipinski definition) is 9. The van der Waals surface area contributed by atoms with E-state index >= 15 is 0 Å². The molecular formula is C17H10Br3N7O2. The van der Waals surface area contributed by atoms with Crippen LogP contribution in [0.1, 0.15) is 5.56 Å². The topological polar surface area (TPSA) is 121 Å². The van der Waals surface area contributed by atoms with Gasteiger partial charge in [0, 0.05) is 10.2 Å². The van der Waals surface area contributed by atoms with Crippen molar-refractivity contribution < 1.29 is 9.74 Å². The summed E-state index contributed by atoms with van der Waals surface area (Å²) in [6.07, 6.45) is 1.57. The number of hydrazone groups is 1. The van der Waals surface area contributed by atoms with Crippen molar-refractivity contribution in [2.75, 3.05) is 10.7 Å². The van der Waals surface area contributed by atoms with Crippen molar-refractivity contribution in [3.63, 3.8) is 0 Å². The molecule has 0 aliphatic heterocycles. The van der Waals surface area contributed by atoms with Crippen molar-refractivity contribution in [1.29, 1.82) is 0 Å². The number of benzene rings is 2. The van der Waals surface area contributed by atoms with Crippen LogP contribution >= 0.6 is 47.8 Å². The van der Waals surface area contributed by atoms with E-state index in [1.165, 1.54) is 0 Å². The van der Waals surface area contributed by atoms with Crippen molar-refractivity contribution in [3.8, 4) is 5.75 Å². The van der Waals surface area contributed by atoms with Crippen molar-refractivity contribution in [2.24, 2.45) is 5.10 Å². The summed E-state index contributed by atoms with van der Waals surface area (Å²) in [6, 6.07) is 11.0. The van der Waals surface area contributed by atoms with Gasteiger partial charge < -0.3 is 10.4 Å². The van der Waals surface area contributed by atoms with Gasteiger partial charge in [0.1, 0.15) is 5.75 Å². The Bertz CT molecular complexity index is 1190. The minimum atomic E-state index is 0.117. The van der Waals surface area contributed by atoms with Gasteiger partial charge in [-0.05, 0) is 84.1 Å². The molecule has 0 spiro atoms. The molecule has 29 heavy (non-hydrogen) atoms. The number of nitrogens with one attached hydrogen (secondary N) is 2. The molecule has 0 saturated heterocycles. The van der Waals surface area contributed by atoms with E-state index in [4.69, 9.17) is 4.63 Å². The summed E-state index contributed by atoms with van der Waals surface area (Å²) in [6.45, 7) is 0. The van der Waals surface area contributed by atoms with E-state index in [2.05, 4.69) is 83.9 Å². The molecule has 0 atom stereocenters. The maximum absolute atomic E-state index is 9.80. The Morgan fingerprint density at radius 2 is 1.55 bits per heavy atom. The molecule has 4 aromatic rings. The van der Waals surface area contributed by atoms with E-state index in [1.54, 1.807) is 18.3 Å². The molecule has 12 heteroatoms. The zero-order valence-corrected chi connectivity index (χ0v) is 19.0. The lowest BCUT2D eigenvalue weighted by Gasteiger charge is -2.09. The molecule has 9 nitrogen and oxygen atoms in total. The van der Waals surface area contributed by atoms with Crippen LogP contribution in [0.25, 0.3) is 11.3 Å². The van der Waals surface area contributed by atoms with Crippen molar-refractivity contribution in [1.82, 2.24) is 20.3 Å². The summed E-state index contributed by atoms with van der Waals surface area (Å²) in [4.78, 5) is 8.73. The van der Waals surface area contributed by atoms with Gasteiger partial charge >= 0.3 is 0 Å². The van der Waals surface area contributed by atoms with Gasteiger partial charge in [-0.15, -0.1) is 0 Å². The number of phenolic OH excluding ortho intramolecular Hbond substituents is 1. The highest BCUT2D eigenvalue weighted by Crippen LogP contribution is 2.33. The van der Waals surface area contributed by atoms with Crippen LogP contribution in [-0.4, -0.2) is 31.6 Å². The smallest absolute Gasteiger partial charge is 0.245 e. The van der Waals surface area contributed by atoms with Gasteiger partial charge in [0.2, 0.25) is 11.3 Å². The molecule has 0 saturated carbocycles. The van der Waals surface area contributed by atoms with Gasteiger partial charge in [0.25, 0.3) is 0 Å². The molecule has 0 fully saturated rings. The van der Waals surface area contributed by atoms with Gasteiger partial charge in [-0.3, -0.25) is 5.43 Å². The van der Waals surface area contributed by atoms with E-state index in [9.17, 15) is 5.11 Å². The van der Waals surface area contributed by atoms with Gasteiger partial charge in [0.05, 0.1) is 15.2 Å². The summed E-state index contributed by atoms with van der Waals surface area (Å²) < 4.78 is 6.74. The lowest BCUT2D eigenvalue weighted by atomic mass is 10.2. The lowest BCUT2D eigenvalue weighted by Crippen LogP contribution is -2.03. The van der Waals surface area contributed by atoms with Crippen LogP contribution in [-0.2, 0) is 0 Å². The predicted octanol–water partition coefficient (Wildman–Crippen LogP) is 5.20. The van der Waals surface area contributed by atoms with Crippen molar-refractivity contribution in [3.05, 3.63) is 55.4 Å². The Morgan fingerprint density at radius 1 is 0.931 bits per heavy atom. The first-order valence-electron chi connectivity index (χ1n) is 7.99. The number of hydrogen-bond donors (Lipinski definition) is 3. The number of aromatic nitrogens is 4. The molecule has 0 aliphatic carbocycles. The molecule has 2 aromatic carbocycles. The lowest BCUT2D eigenvalue weighted by molar-refractivity contribution is 0.314. The molecule has 0 aliphatic rings. The van der Waals surface area contributed by atoms with Gasteiger partial charge in [0.15, 0.2) is 11.6 Å². The van der Waals surface area contributed by atoms with Crippen molar-refractivity contribution >= 4 is 82.6 Å². The molecule has 0 radical (unpaired) electrons. The molecule has 146 valence electrons. The third-order valence-corrected chi connectivity index (χ3v) is 5.38. The maximum atomic E-state index is 9.80. The molecule has 0 bridgehead atoms. The highest BCUT2D eigenvalue weighted by molar-refractivity contribution is 9.11. The summed E-state index contributed by atoms with van der Waals surface area (Å²) >= 11 is 9.98. The third kappa shape index (κ3) is 4.54. The molecule has 0 amide bonds. The largest absolute Gasteiger partial charge is 0.506 e. The molecular weight excluding hydrogens is 574 g/mol. The summed E-state index contributed by atoms with van der Waals surface area (Å²) in [5, 5.41) is 24.6. The fourth-order valence-corrected chi connectivity index (χ4v) is 3.79. The minimum absolute atomic E-state index is 0.117. The predicted molar refractivity (Wildman–Crippen MR) is 120 cm³/mol. The van der Waals surface area contributed by atoms with E-state index < -0.39 is 0 Å². The zero-order valence-electron chi connectivity index (χ0n) is 14.3. The van der Waals surface area contributed by atoms with E-state index in [1.807, 2.05) is 24.3 Å². The van der Waals surface area contributed by atoms with E-state index in [0.29, 0.717) is 20.6 Å². The normalized spacial score (nSPS) is 11.3. The number of nitrogens with zero attached hydrogens (tertiary/aromatic N) is 5. The average Bonchev–Trinajstić information content (AvgIpc) is 3.15. The Labute approximate surface area is 189 Å². The Balaban J connectivity index is 1.62. The first-order chi connectivity index (χ1) is 14.0. The van der Waals surface area contributed by atoms with E-state index in [0.717, 1.165) is 15.7 Å². The quantitative estimate of drug-likeness (QED) is 0.217. The summed E-state index contributed by atoms with van der Waals surface area (Å²) in [5.41, 5.74) is 4.92. The zero-order chi connectivity index (χ0) is 20.4. The van der Waals surface area contributed by atoms with Crippen LogP contribution in [0.3, 0.4) is 0 Å². The van der Waals surface area contributed by atoms with Crippen LogP contribution in [0.2, 0.25) is 0 Å². The third-order valence-electron chi connectivity index (χ3n) is 3.64. The fourth-order valence-electron chi connectivity index (χ4n) is 2.30. The monoisotopic (exact) mass is 581 g/mol. The maximum Gasteiger partial charge on any atom is 0.245 e. The van der Waals surface area contributed by atoms with Crippen LogP contribution in [0.5, 0.6) is 5.75 Å². The molecule has 0 unspecified atom stereocenters. The molecule has 2 heterocycles. The number of fused-ring (bicyclic) bond motifs is 1. The number of phenols is 1. The molecule has 4 rings (SSSR count). The summed E-state index contributed by atoms with van der Waals surface area (Å²) in [5.74, 6) is 0.857. The first kappa shape index (κ1) is 19.7. The SMILES string of the molecule is Oc1c(Br)cc(/C=N/Nc2nc3nonc3nc2Nc2ccc(Br)cc2)cc1Br. The number of halogens is 3. The highest BCUT2D eigenvalue weighted by Gasteiger charge is 2.13. The molecule has 2 aromatic heterocycles. The average molecular weight is 584 g/mol. The second-order valence-corrected chi connectivity index (χ2v) is 8.29. The second kappa shape index (κ2) is 8.43. The van der Waals surface area contributed by atoms with Crippen LogP contribution < -0.4 is 10.7 Å². The number of rotatable bonds is 5. The van der Waals surface area contributed by atoms with Gasteiger partial charge in [-0.2, -0.15) is 10.1 Å². The Kier molecular flexibility index (Phi) is 5.74. The number of aromatic hydroxyl groups is 1. The first-order valence-corrected chi connectivity index (χ1v) is 10.4. The van der Waals surface area contributed by atoms with Crippen molar-refractivity contribution in [2.45, 2.75) is 0 Å². The second-order valence-electron chi connectivity index (χ2n) is 5.67. The minimum Gasteiger partial charge on any atom is -0.506 e. The van der Waals surface area contributed by atoms with Gasteiger partial charge in [-0.25, -0.2) is 9.61 Å². The Hall–Kier alpha value is -2.57. The highest BCUT2D eigenvalue weighted by atomic mass is 79.9. The van der Waals surface area contributed by atoms with Crippen LogP contribution in [0.4, 0.5) is 17.3 Å². The van der Waals surface area contributed by atoms with Crippen LogP contribution in [0, 0.1) is 0 Å². The van der Waals surface area contributed by atoms with E-state index in [-0.39, 0.29) is 17.0 Å². The molecule has 3 N–H and O–H groups in total. The number of anilines is 3. The van der Waals surface area contributed by atoms with Gasteiger partial charge in [-0.1, -0.05) is 15.9 Å². The Morgan fingerprint density at radius 3 is 2.21 bits per heavy atom. The standard InChI is InChI=1S/C17H10Br3N7O2/c18-9-1-3-10(4-2-9)22-14-15(24-17-16(23-14)26-29-27-17)25-21-7-8-5-11(19)13(28)12(20)6-8/h1-7,28H,(H,22,23,26)(H,24,25,27)/b21-7+. The van der Waals surface area contributed by atoms with Crippen LogP contribution in [0.15, 0.2) is 59.5 Å². The fraction of sp³-hybridized carbons (Fsp3) is 0. The summed E-state index contributed by atoms with van der Waals surface area (Å²) in [7, 11) is 0.